The molecule has 0 radical (unpaired) electrons. The van der Waals surface area contributed by atoms with Gasteiger partial charge < -0.3 is 20.5 Å². The number of hydrogen-bond acceptors (Lipinski definition) is 6. The number of anilines is 2. The van der Waals surface area contributed by atoms with E-state index in [1.165, 1.54) is 18.4 Å². The van der Waals surface area contributed by atoms with Crippen molar-refractivity contribution in [3.05, 3.63) is 41.5 Å². The van der Waals surface area contributed by atoms with Gasteiger partial charge in [0.2, 0.25) is 5.91 Å². The molecule has 0 fully saturated rings. The van der Waals surface area contributed by atoms with E-state index in [9.17, 15) is 14.4 Å². The molecular weight excluding hydrogens is 408 g/mol. The number of carbonyl (C=O) groups excluding carboxylic acids is 2. The van der Waals surface area contributed by atoms with Crippen molar-refractivity contribution in [3.63, 3.8) is 0 Å². The minimum absolute atomic E-state index is 0.0985. The summed E-state index contributed by atoms with van der Waals surface area (Å²) in [7, 11) is 1.48. The predicted molar refractivity (Wildman–Crippen MR) is 113 cm³/mol. The highest BCUT2D eigenvalue weighted by Gasteiger charge is 2.14. The Kier molecular flexibility index (Phi) is 7.02. The van der Waals surface area contributed by atoms with Gasteiger partial charge in [-0.1, -0.05) is 6.42 Å². The van der Waals surface area contributed by atoms with Crippen LogP contribution in [0.15, 0.2) is 36.0 Å². The van der Waals surface area contributed by atoms with Gasteiger partial charge in [-0.2, -0.15) is 0 Å². The zero-order valence-corrected chi connectivity index (χ0v) is 17.2. The van der Waals surface area contributed by atoms with Gasteiger partial charge in [-0.05, 0) is 31.0 Å². The number of aromatic nitrogens is 2. The van der Waals surface area contributed by atoms with E-state index in [1.807, 2.05) is 16.0 Å². The number of nitrogens with zero attached hydrogens (tertiary/aromatic N) is 2. The molecule has 0 unspecified atom stereocenters. The lowest BCUT2D eigenvalue weighted by molar-refractivity contribution is -0.137. The molecule has 2 heterocycles. The third-order valence-electron chi connectivity index (χ3n) is 4.37. The van der Waals surface area contributed by atoms with Crippen LogP contribution in [0.3, 0.4) is 0 Å². The van der Waals surface area contributed by atoms with Crippen molar-refractivity contribution in [3.8, 4) is 5.75 Å². The highest BCUT2D eigenvalue weighted by Crippen LogP contribution is 2.26. The van der Waals surface area contributed by atoms with E-state index in [1.54, 1.807) is 24.4 Å². The van der Waals surface area contributed by atoms with Crippen molar-refractivity contribution in [1.82, 2.24) is 9.38 Å². The zero-order valence-electron chi connectivity index (χ0n) is 16.4. The van der Waals surface area contributed by atoms with Gasteiger partial charge >= 0.3 is 5.97 Å². The highest BCUT2D eigenvalue weighted by molar-refractivity contribution is 7.15. The standard InChI is InChI=1S/C20H22N4O5S/c1-29-15-8-7-13(19(28)22-16-12-24-9-10-30-20(24)23-16)11-14(15)21-17(25)5-3-2-4-6-18(26)27/h7-12H,2-6H2,1H3,(H,21,25)(H,22,28)(H,26,27). The van der Waals surface area contributed by atoms with E-state index in [-0.39, 0.29) is 24.7 Å². The van der Waals surface area contributed by atoms with Crippen LogP contribution in [0.25, 0.3) is 4.96 Å². The van der Waals surface area contributed by atoms with Crippen LogP contribution in [0.4, 0.5) is 11.5 Å². The molecule has 0 aliphatic heterocycles. The maximum atomic E-state index is 12.6. The molecular formula is C20H22N4O5S. The summed E-state index contributed by atoms with van der Waals surface area (Å²) in [6.45, 7) is 0. The number of thiazole rings is 1. The van der Waals surface area contributed by atoms with E-state index >= 15 is 0 Å². The van der Waals surface area contributed by atoms with Crippen LogP contribution in [0.2, 0.25) is 0 Å². The van der Waals surface area contributed by atoms with E-state index in [0.717, 1.165) is 4.96 Å². The molecule has 0 aliphatic rings. The quantitative estimate of drug-likeness (QED) is 0.422. The summed E-state index contributed by atoms with van der Waals surface area (Å²) in [4.78, 5) is 40.4. The number of benzene rings is 1. The Morgan fingerprint density at radius 1 is 1.17 bits per heavy atom. The second kappa shape index (κ2) is 9.88. The van der Waals surface area contributed by atoms with E-state index in [2.05, 4.69) is 15.6 Å². The fourth-order valence-corrected chi connectivity index (χ4v) is 3.57. The van der Waals surface area contributed by atoms with Crippen molar-refractivity contribution in [2.45, 2.75) is 32.1 Å². The molecule has 10 heteroatoms. The number of unbranched alkanes of at least 4 members (excludes halogenated alkanes) is 2. The molecule has 9 nitrogen and oxygen atoms in total. The van der Waals surface area contributed by atoms with Crippen LogP contribution in [-0.2, 0) is 9.59 Å². The summed E-state index contributed by atoms with van der Waals surface area (Å²) in [5.74, 6) is -0.541. The lowest BCUT2D eigenvalue weighted by atomic mass is 10.1. The molecule has 2 aromatic heterocycles. The molecule has 0 atom stereocenters. The molecule has 0 saturated carbocycles. The number of hydrogen-bond donors (Lipinski definition) is 3. The number of carboxylic acids is 1. The number of aliphatic carboxylic acids is 1. The third-order valence-corrected chi connectivity index (χ3v) is 5.14. The largest absolute Gasteiger partial charge is 0.495 e. The number of fused-ring (bicyclic) bond motifs is 1. The molecule has 3 rings (SSSR count). The Labute approximate surface area is 176 Å². The lowest BCUT2D eigenvalue weighted by Gasteiger charge is -2.12. The Bertz CT molecular complexity index is 1030. The molecule has 0 spiro atoms. The Morgan fingerprint density at radius 3 is 2.70 bits per heavy atom. The zero-order chi connectivity index (χ0) is 21.5. The summed E-state index contributed by atoms with van der Waals surface area (Å²) in [6.07, 6.45) is 5.70. The van der Waals surface area contributed by atoms with Crippen molar-refractivity contribution >= 4 is 45.6 Å². The summed E-state index contributed by atoms with van der Waals surface area (Å²) in [5.41, 5.74) is 0.746. The minimum atomic E-state index is -0.838. The Morgan fingerprint density at radius 2 is 1.97 bits per heavy atom. The molecule has 1 aromatic carbocycles. The van der Waals surface area contributed by atoms with Gasteiger partial charge in [0.15, 0.2) is 10.8 Å². The van der Waals surface area contributed by atoms with Crippen LogP contribution in [-0.4, -0.2) is 39.4 Å². The third kappa shape index (κ3) is 5.57. The van der Waals surface area contributed by atoms with Gasteiger partial charge in [-0.25, -0.2) is 4.98 Å². The number of carbonyl (C=O) groups is 3. The number of imidazole rings is 1. The molecule has 0 bridgehead atoms. The van der Waals surface area contributed by atoms with Crippen molar-refractivity contribution in [2.75, 3.05) is 17.7 Å². The maximum absolute atomic E-state index is 12.6. The lowest BCUT2D eigenvalue weighted by Crippen LogP contribution is -2.15. The molecule has 3 N–H and O–H groups in total. The second-order valence-corrected chi connectivity index (χ2v) is 7.46. The Balaban J connectivity index is 1.61. The Hall–Kier alpha value is -3.40. The fourth-order valence-electron chi connectivity index (χ4n) is 2.87. The van der Waals surface area contributed by atoms with Crippen molar-refractivity contribution < 1.29 is 24.2 Å². The normalized spacial score (nSPS) is 10.7. The molecule has 158 valence electrons. The number of nitrogens with one attached hydrogen (secondary N) is 2. The van der Waals surface area contributed by atoms with Gasteiger partial charge in [-0.3, -0.25) is 18.8 Å². The van der Waals surface area contributed by atoms with Crippen LogP contribution in [0.1, 0.15) is 42.5 Å². The second-order valence-electron chi connectivity index (χ2n) is 6.59. The number of rotatable bonds is 10. The molecule has 3 aromatic rings. The first-order chi connectivity index (χ1) is 14.5. The predicted octanol–water partition coefficient (Wildman–Crippen LogP) is 3.63. The first kappa shape index (κ1) is 21.3. The van der Waals surface area contributed by atoms with Gasteiger partial charge in [-0.15, -0.1) is 11.3 Å². The maximum Gasteiger partial charge on any atom is 0.303 e. The molecule has 30 heavy (non-hydrogen) atoms. The van der Waals surface area contributed by atoms with Gasteiger partial charge in [0.1, 0.15) is 5.75 Å². The summed E-state index contributed by atoms with van der Waals surface area (Å²) in [5, 5.41) is 16.0. The van der Waals surface area contributed by atoms with E-state index in [4.69, 9.17) is 9.84 Å². The number of ether oxygens (including phenoxy) is 1. The summed E-state index contributed by atoms with van der Waals surface area (Å²) >= 11 is 1.46. The molecule has 0 saturated heterocycles. The minimum Gasteiger partial charge on any atom is -0.495 e. The van der Waals surface area contributed by atoms with Crippen molar-refractivity contribution in [2.24, 2.45) is 0 Å². The van der Waals surface area contributed by atoms with Gasteiger partial charge in [0, 0.05) is 30.0 Å². The summed E-state index contributed by atoms with van der Waals surface area (Å²) in [6, 6.07) is 4.77. The summed E-state index contributed by atoms with van der Waals surface area (Å²) < 4.78 is 7.09. The fraction of sp³-hybridized carbons (Fsp3) is 0.300. The van der Waals surface area contributed by atoms with Gasteiger partial charge in [0.25, 0.3) is 5.91 Å². The topological polar surface area (TPSA) is 122 Å². The average molecular weight is 430 g/mol. The van der Waals surface area contributed by atoms with Crippen LogP contribution >= 0.6 is 11.3 Å². The van der Waals surface area contributed by atoms with Gasteiger partial charge in [0.05, 0.1) is 19.0 Å². The smallest absolute Gasteiger partial charge is 0.303 e. The van der Waals surface area contributed by atoms with Crippen molar-refractivity contribution in [1.29, 1.82) is 0 Å². The first-order valence-corrected chi connectivity index (χ1v) is 10.3. The van der Waals surface area contributed by atoms with E-state index < -0.39 is 5.97 Å². The number of methoxy groups -OCH3 is 1. The number of amides is 2. The van der Waals surface area contributed by atoms with Crippen LogP contribution in [0, 0.1) is 0 Å². The number of carboxylic acid groups (broad SMARTS) is 1. The van der Waals surface area contributed by atoms with E-state index in [0.29, 0.717) is 42.1 Å². The highest BCUT2D eigenvalue weighted by atomic mass is 32.1. The first-order valence-electron chi connectivity index (χ1n) is 9.39. The van der Waals surface area contributed by atoms with Crippen LogP contribution in [0.5, 0.6) is 5.75 Å². The monoisotopic (exact) mass is 430 g/mol. The SMILES string of the molecule is COc1ccc(C(=O)Nc2cn3ccsc3n2)cc1NC(=O)CCCCCC(=O)O. The molecule has 0 aliphatic carbocycles. The van der Waals surface area contributed by atoms with Crippen LogP contribution < -0.4 is 15.4 Å². The molecule has 2 amide bonds. The average Bonchev–Trinajstić information content (AvgIpc) is 3.29.